The Morgan fingerprint density at radius 1 is 0.842 bits per heavy atom. The first-order valence-corrected chi connectivity index (χ1v) is 13.4. The minimum absolute atomic E-state index is 0.00464. The topological polar surface area (TPSA) is 137 Å². The van der Waals surface area contributed by atoms with Crippen LogP contribution in [0.5, 0.6) is 0 Å². The highest BCUT2D eigenvalue weighted by Gasteiger charge is 2.14. The summed E-state index contributed by atoms with van der Waals surface area (Å²) in [5, 5.41) is 15.3. The number of benzene rings is 1. The second kappa shape index (κ2) is 18.6. The molecule has 2 aromatic rings. The smallest absolute Gasteiger partial charge is 0.305 e. The van der Waals surface area contributed by atoms with Gasteiger partial charge in [0.1, 0.15) is 0 Å². The van der Waals surface area contributed by atoms with Crippen molar-refractivity contribution in [1.29, 1.82) is 0 Å². The van der Waals surface area contributed by atoms with Gasteiger partial charge in [0.25, 0.3) is 5.91 Å². The number of carboxylic acids is 1. The van der Waals surface area contributed by atoms with Crippen molar-refractivity contribution < 1.29 is 38.4 Å². The third kappa shape index (κ3) is 12.8. The number of rotatable bonds is 21. The average Bonchev–Trinajstić information content (AvgIpc) is 3.19. The Hall–Kier alpha value is -2.61. The lowest BCUT2D eigenvalue weighted by molar-refractivity contribution is -0.138. The van der Waals surface area contributed by atoms with Gasteiger partial charge in [0.05, 0.1) is 78.2 Å². The van der Waals surface area contributed by atoms with Gasteiger partial charge in [-0.1, -0.05) is 6.07 Å². The predicted octanol–water partition coefficient (Wildman–Crippen LogP) is 3.29. The van der Waals surface area contributed by atoms with E-state index in [1.54, 1.807) is 6.07 Å². The van der Waals surface area contributed by atoms with E-state index in [1.807, 2.05) is 32.9 Å². The molecule has 12 heteroatoms. The van der Waals surface area contributed by atoms with Gasteiger partial charge in [0.2, 0.25) is 0 Å². The zero-order valence-electron chi connectivity index (χ0n) is 22.4. The molecule has 2 rings (SSSR count). The van der Waals surface area contributed by atoms with Gasteiger partial charge >= 0.3 is 5.97 Å². The van der Waals surface area contributed by atoms with Crippen LogP contribution in [0, 0.1) is 20.8 Å². The molecule has 3 N–H and O–H groups in total. The van der Waals surface area contributed by atoms with Crippen LogP contribution in [0.25, 0.3) is 0 Å². The van der Waals surface area contributed by atoms with E-state index in [0.717, 1.165) is 21.8 Å². The Morgan fingerprint density at radius 3 is 1.92 bits per heavy atom. The lowest BCUT2D eigenvalue weighted by Crippen LogP contribution is -2.17. The van der Waals surface area contributed by atoms with Gasteiger partial charge < -0.3 is 34.1 Å². The molecule has 38 heavy (non-hydrogen) atoms. The molecule has 0 unspecified atom stereocenters. The number of hydrogen-bond acceptors (Lipinski definition) is 10. The number of hydrogen-bond donors (Lipinski definition) is 3. The van der Waals surface area contributed by atoms with Gasteiger partial charge in [-0.3, -0.25) is 14.9 Å². The lowest BCUT2D eigenvalue weighted by atomic mass is 10.1. The monoisotopic (exact) mass is 553 g/mol. The average molecular weight is 554 g/mol. The summed E-state index contributed by atoms with van der Waals surface area (Å²) in [6, 6.07) is 5.59. The number of amides is 1. The van der Waals surface area contributed by atoms with Crippen LogP contribution in [0.4, 0.5) is 10.8 Å². The highest BCUT2D eigenvalue weighted by Crippen LogP contribution is 2.24. The Kier molecular flexibility index (Phi) is 15.5. The van der Waals surface area contributed by atoms with Crippen molar-refractivity contribution >= 4 is 34.0 Å². The summed E-state index contributed by atoms with van der Waals surface area (Å²) in [5.41, 5.74) is 3.28. The Bertz CT molecular complexity index is 966. The van der Waals surface area contributed by atoms with Crippen molar-refractivity contribution in [2.45, 2.75) is 27.2 Å². The summed E-state index contributed by atoms with van der Waals surface area (Å²) in [6.07, 6.45) is -0.00464. The fourth-order valence-electron chi connectivity index (χ4n) is 3.16. The molecule has 0 saturated heterocycles. The van der Waals surface area contributed by atoms with Crippen molar-refractivity contribution in [1.82, 2.24) is 4.98 Å². The molecule has 0 aliphatic carbocycles. The van der Waals surface area contributed by atoms with Crippen molar-refractivity contribution in [3.8, 4) is 0 Å². The molecule has 1 aromatic heterocycles. The first kappa shape index (κ1) is 31.6. The van der Waals surface area contributed by atoms with E-state index in [9.17, 15) is 9.59 Å². The maximum Gasteiger partial charge on any atom is 0.305 e. The predicted molar refractivity (Wildman–Crippen MR) is 146 cm³/mol. The minimum Gasteiger partial charge on any atom is -0.481 e. The highest BCUT2D eigenvalue weighted by atomic mass is 32.1. The van der Waals surface area contributed by atoms with Crippen LogP contribution in [0.2, 0.25) is 0 Å². The van der Waals surface area contributed by atoms with Crippen LogP contribution in [0.1, 0.15) is 32.9 Å². The number of anilines is 2. The van der Waals surface area contributed by atoms with Crippen LogP contribution in [0.3, 0.4) is 0 Å². The highest BCUT2D eigenvalue weighted by molar-refractivity contribution is 7.15. The van der Waals surface area contributed by atoms with Crippen molar-refractivity contribution in [2.24, 2.45) is 0 Å². The number of carboxylic acid groups (broad SMARTS) is 1. The molecule has 1 aromatic carbocycles. The molecule has 0 bridgehead atoms. The fraction of sp³-hybridized carbons (Fsp3) is 0.577. The summed E-state index contributed by atoms with van der Waals surface area (Å²) in [7, 11) is 0. The minimum atomic E-state index is -0.876. The summed E-state index contributed by atoms with van der Waals surface area (Å²) in [6.45, 7) is 10.6. The molecule has 0 spiro atoms. The normalized spacial score (nSPS) is 11.0. The molecule has 0 atom stereocenters. The lowest BCUT2D eigenvalue weighted by Gasteiger charge is -2.13. The standard InChI is InChI=1S/C26H39N3O8S/c1-19-22(25(32)29-26-28-20(2)21(3)38-26)5-4-6-23(19)27-8-10-34-12-14-36-16-18-37-17-15-35-13-11-33-9-7-24(30)31/h4-6,27H,7-18H2,1-3H3,(H,30,31)(H,28,29,32). The Morgan fingerprint density at radius 2 is 1.39 bits per heavy atom. The number of nitrogens with one attached hydrogen (secondary N) is 2. The Labute approximate surface area is 227 Å². The van der Waals surface area contributed by atoms with Crippen LogP contribution >= 0.6 is 11.3 Å². The van der Waals surface area contributed by atoms with Gasteiger partial charge in [-0.25, -0.2) is 4.98 Å². The number of nitrogens with zero attached hydrogens (tertiary/aromatic N) is 1. The van der Waals surface area contributed by atoms with Crippen molar-refractivity contribution in [2.75, 3.05) is 83.2 Å². The number of aryl methyl sites for hydroxylation is 2. The zero-order valence-corrected chi connectivity index (χ0v) is 23.2. The fourth-order valence-corrected chi connectivity index (χ4v) is 3.97. The summed E-state index contributed by atoms with van der Waals surface area (Å²) < 4.78 is 26.9. The number of aliphatic carboxylic acids is 1. The summed E-state index contributed by atoms with van der Waals surface area (Å²) in [4.78, 5) is 28.5. The third-order valence-electron chi connectivity index (χ3n) is 5.34. The van der Waals surface area contributed by atoms with Crippen LogP contribution in [0.15, 0.2) is 18.2 Å². The molecular weight excluding hydrogens is 514 g/mol. The molecule has 0 saturated carbocycles. The molecule has 11 nitrogen and oxygen atoms in total. The van der Waals surface area contributed by atoms with Gasteiger partial charge in [0, 0.05) is 22.7 Å². The van der Waals surface area contributed by atoms with E-state index in [2.05, 4.69) is 15.6 Å². The summed E-state index contributed by atoms with van der Waals surface area (Å²) in [5.74, 6) is -1.05. The molecular formula is C26H39N3O8S. The van der Waals surface area contributed by atoms with Gasteiger partial charge in [-0.05, 0) is 38.5 Å². The molecule has 1 amide bonds. The van der Waals surface area contributed by atoms with E-state index in [-0.39, 0.29) is 18.9 Å². The number of carbonyl (C=O) groups is 2. The third-order valence-corrected chi connectivity index (χ3v) is 6.33. The molecule has 0 aliphatic heterocycles. The van der Waals surface area contributed by atoms with E-state index in [4.69, 9.17) is 28.8 Å². The first-order valence-electron chi connectivity index (χ1n) is 12.6. The van der Waals surface area contributed by atoms with E-state index in [1.165, 1.54) is 11.3 Å². The van der Waals surface area contributed by atoms with Gasteiger partial charge in [-0.2, -0.15) is 0 Å². The number of ether oxygens (including phenoxy) is 5. The molecule has 1 heterocycles. The number of carbonyl (C=O) groups excluding carboxylic acids is 1. The SMILES string of the molecule is Cc1nc(NC(=O)c2cccc(NCCOCCOCCOCCOCCOCCC(=O)O)c2C)sc1C. The largest absolute Gasteiger partial charge is 0.481 e. The quantitative estimate of drug-likeness (QED) is 0.198. The first-order chi connectivity index (χ1) is 18.4. The van der Waals surface area contributed by atoms with E-state index >= 15 is 0 Å². The van der Waals surface area contributed by atoms with Gasteiger partial charge in [0.15, 0.2) is 5.13 Å². The van der Waals surface area contributed by atoms with E-state index in [0.29, 0.717) is 76.7 Å². The van der Waals surface area contributed by atoms with Crippen LogP contribution in [-0.2, 0) is 28.5 Å². The number of aromatic nitrogens is 1. The molecule has 212 valence electrons. The van der Waals surface area contributed by atoms with Crippen LogP contribution < -0.4 is 10.6 Å². The second-order valence-corrected chi connectivity index (χ2v) is 9.43. The second-order valence-electron chi connectivity index (χ2n) is 8.23. The maximum absolute atomic E-state index is 12.7. The summed E-state index contributed by atoms with van der Waals surface area (Å²) >= 11 is 1.47. The maximum atomic E-state index is 12.7. The van der Waals surface area contributed by atoms with Crippen molar-refractivity contribution in [3.63, 3.8) is 0 Å². The zero-order chi connectivity index (χ0) is 27.6. The Balaban J connectivity index is 1.46. The molecule has 0 aliphatic rings. The number of thiazole rings is 1. The van der Waals surface area contributed by atoms with E-state index < -0.39 is 5.97 Å². The van der Waals surface area contributed by atoms with Crippen molar-refractivity contribution in [3.05, 3.63) is 39.9 Å². The molecule has 0 fully saturated rings. The molecule has 0 radical (unpaired) electrons. The van der Waals surface area contributed by atoms with Gasteiger partial charge in [-0.15, -0.1) is 11.3 Å². The van der Waals surface area contributed by atoms with Crippen LogP contribution in [-0.4, -0.2) is 94.6 Å².